The summed E-state index contributed by atoms with van der Waals surface area (Å²) in [6.07, 6.45) is 0.0778. The summed E-state index contributed by atoms with van der Waals surface area (Å²) in [6, 6.07) is 11.1. The van der Waals surface area contributed by atoms with Crippen LogP contribution in [0.5, 0.6) is 0 Å². The van der Waals surface area contributed by atoms with Crippen LogP contribution in [0.1, 0.15) is 5.56 Å². The lowest BCUT2D eigenvalue weighted by Gasteiger charge is -2.03. The largest absolute Gasteiger partial charge is 0.302 e. The SMILES string of the molecule is O=C(Cc1cccc(F)c1)Nc1nc(-c2ccc(Cl)cc2Cl)cs1. The number of halogens is 3. The zero-order chi connectivity index (χ0) is 17.1. The van der Waals surface area contributed by atoms with E-state index in [1.54, 1.807) is 35.7 Å². The second kappa shape index (κ2) is 7.30. The lowest BCUT2D eigenvalue weighted by molar-refractivity contribution is -0.115. The molecule has 1 aromatic heterocycles. The smallest absolute Gasteiger partial charge is 0.230 e. The van der Waals surface area contributed by atoms with Crippen LogP contribution in [-0.4, -0.2) is 10.9 Å². The van der Waals surface area contributed by atoms with Gasteiger partial charge in [-0.15, -0.1) is 11.3 Å². The van der Waals surface area contributed by atoms with Gasteiger partial charge in [0, 0.05) is 16.0 Å². The van der Waals surface area contributed by atoms with Gasteiger partial charge in [-0.3, -0.25) is 4.79 Å². The summed E-state index contributed by atoms with van der Waals surface area (Å²) in [5, 5.41) is 6.00. The maximum absolute atomic E-state index is 13.1. The minimum absolute atomic E-state index is 0.0778. The Morgan fingerprint density at radius 2 is 2.04 bits per heavy atom. The summed E-state index contributed by atoms with van der Waals surface area (Å²) in [6.45, 7) is 0. The molecule has 0 spiro atoms. The highest BCUT2D eigenvalue weighted by molar-refractivity contribution is 7.14. The van der Waals surface area contributed by atoms with Gasteiger partial charge in [0.25, 0.3) is 0 Å². The fourth-order valence-corrected chi connectivity index (χ4v) is 3.38. The van der Waals surface area contributed by atoms with Crippen LogP contribution in [0.25, 0.3) is 11.3 Å². The summed E-state index contributed by atoms with van der Waals surface area (Å²) >= 11 is 13.3. The fourth-order valence-electron chi connectivity index (χ4n) is 2.15. The molecule has 0 saturated carbocycles. The molecule has 1 amide bonds. The molecular formula is C17H11Cl2FN2OS. The number of carbonyl (C=O) groups is 1. The summed E-state index contributed by atoms with van der Waals surface area (Å²) in [5.74, 6) is -0.627. The van der Waals surface area contributed by atoms with Crippen molar-refractivity contribution in [2.75, 3.05) is 5.32 Å². The van der Waals surface area contributed by atoms with Gasteiger partial charge in [-0.05, 0) is 35.9 Å². The molecule has 7 heteroatoms. The second-order valence-electron chi connectivity index (χ2n) is 5.02. The van der Waals surface area contributed by atoms with Crippen molar-refractivity contribution in [1.82, 2.24) is 4.98 Å². The highest BCUT2D eigenvalue weighted by Crippen LogP contribution is 2.32. The molecular weight excluding hydrogens is 370 g/mol. The van der Waals surface area contributed by atoms with Crippen molar-refractivity contribution in [3.05, 3.63) is 69.3 Å². The standard InChI is InChI=1S/C17H11Cl2FN2OS/c18-11-4-5-13(14(19)8-11)15-9-24-17(21-15)22-16(23)7-10-2-1-3-12(20)6-10/h1-6,8-9H,7H2,(H,21,22,23). The molecule has 24 heavy (non-hydrogen) atoms. The number of nitrogens with one attached hydrogen (secondary N) is 1. The van der Waals surface area contributed by atoms with Crippen LogP contribution in [0.2, 0.25) is 10.0 Å². The Labute approximate surface area is 152 Å². The van der Waals surface area contributed by atoms with Crippen molar-refractivity contribution in [3.63, 3.8) is 0 Å². The third-order valence-corrected chi connectivity index (χ3v) is 4.52. The highest BCUT2D eigenvalue weighted by atomic mass is 35.5. The number of thiazole rings is 1. The minimum atomic E-state index is -0.366. The van der Waals surface area contributed by atoms with E-state index in [0.29, 0.717) is 26.4 Å². The quantitative estimate of drug-likeness (QED) is 0.654. The van der Waals surface area contributed by atoms with Crippen LogP contribution in [0.15, 0.2) is 47.8 Å². The zero-order valence-corrected chi connectivity index (χ0v) is 14.6. The number of rotatable bonds is 4. The number of benzene rings is 2. The molecule has 0 aliphatic heterocycles. The van der Waals surface area contributed by atoms with Gasteiger partial charge in [-0.2, -0.15) is 0 Å². The van der Waals surface area contributed by atoms with E-state index in [-0.39, 0.29) is 18.1 Å². The molecule has 3 rings (SSSR count). The lowest BCUT2D eigenvalue weighted by Crippen LogP contribution is -2.14. The molecule has 0 aliphatic rings. The van der Waals surface area contributed by atoms with Gasteiger partial charge < -0.3 is 5.32 Å². The second-order valence-corrected chi connectivity index (χ2v) is 6.72. The molecule has 0 atom stereocenters. The Bertz CT molecular complexity index is 898. The van der Waals surface area contributed by atoms with Crippen molar-refractivity contribution < 1.29 is 9.18 Å². The maximum atomic E-state index is 13.1. The van der Waals surface area contributed by atoms with Crippen molar-refractivity contribution >= 4 is 45.6 Å². The average Bonchev–Trinajstić information content (AvgIpc) is 2.95. The topological polar surface area (TPSA) is 42.0 Å². The first kappa shape index (κ1) is 16.9. The first-order chi connectivity index (χ1) is 11.5. The normalized spacial score (nSPS) is 10.6. The molecule has 2 aromatic carbocycles. The first-order valence-corrected chi connectivity index (χ1v) is 8.60. The van der Waals surface area contributed by atoms with Crippen molar-refractivity contribution in [3.8, 4) is 11.3 Å². The molecule has 3 nitrogen and oxygen atoms in total. The molecule has 1 N–H and O–H groups in total. The molecule has 0 unspecified atom stereocenters. The van der Waals surface area contributed by atoms with E-state index in [1.807, 2.05) is 0 Å². The van der Waals surface area contributed by atoms with Gasteiger partial charge >= 0.3 is 0 Å². The van der Waals surface area contributed by atoms with Gasteiger partial charge in [0.1, 0.15) is 5.82 Å². The molecule has 0 fully saturated rings. The van der Waals surface area contributed by atoms with E-state index in [4.69, 9.17) is 23.2 Å². The summed E-state index contributed by atoms with van der Waals surface area (Å²) in [5.41, 5.74) is 2.00. The monoisotopic (exact) mass is 380 g/mol. The third kappa shape index (κ3) is 4.12. The van der Waals surface area contributed by atoms with Gasteiger partial charge in [0.2, 0.25) is 5.91 Å². The molecule has 3 aromatic rings. The number of hydrogen-bond acceptors (Lipinski definition) is 3. The van der Waals surface area contributed by atoms with Gasteiger partial charge in [0.15, 0.2) is 5.13 Å². The Morgan fingerprint density at radius 3 is 2.79 bits per heavy atom. The van der Waals surface area contributed by atoms with Crippen molar-refractivity contribution in [1.29, 1.82) is 0 Å². The predicted octanol–water partition coefficient (Wildman–Crippen LogP) is 5.44. The van der Waals surface area contributed by atoms with E-state index >= 15 is 0 Å². The summed E-state index contributed by atoms with van der Waals surface area (Å²) in [4.78, 5) is 16.4. The van der Waals surface area contributed by atoms with E-state index in [9.17, 15) is 9.18 Å². The van der Waals surface area contributed by atoms with E-state index < -0.39 is 0 Å². The summed E-state index contributed by atoms with van der Waals surface area (Å²) in [7, 11) is 0. The molecule has 122 valence electrons. The number of aromatic nitrogens is 1. The maximum Gasteiger partial charge on any atom is 0.230 e. The molecule has 0 saturated heterocycles. The van der Waals surface area contributed by atoms with E-state index in [0.717, 1.165) is 5.56 Å². The lowest BCUT2D eigenvalue weighted by atomic mass is 10.1. The molecule has 0 radical (unpaired) electrons. The van der Waals surface area contributed by atoms with Crippen LogP contribution in [0.4, 0.5) is 9.52 Å². The molecule has 1 heterocycles. The van der Waals surface area contributed by atoms with E-state index in [1.165, 1.54) is 23.5 Å². The van der Waals surface area contributed by atoms with Gasteiger partial charge in [-0.25, -0.2) is 9.37 Å². The van der Waals surface area contributed by atoms with Crippen LogP contribution in [-0.2, 0) is 11.2 Å². The number of hydrogen-bond donors (Lipinski definition) is 1. The molecule has 0 bridgehead atoms. The third-order valence-electron chi connectivity index (χ3n) is 3.21. The van der Waals surface area contributed by atoms with E-state index in [2.05, 4.69) is 10.3 Å². The highest BCUT2D eigenvalue weighted by Gasteiger charge is 2.11. The first-order valence-electron chi connectivity index (χ1n) is 6.96. The Hall–Kier alpha value is -1.95. The van der Waals surface area contributed by atoms with Gasteiger partial charge in [0.05, 0.1) is 17.1 Å². The number of amides is 1. The number of anilines is 1. The Balaban J connectivity index is 1.70. The van der Waals surface area contributed by atoms with Crippen LogP contribution < -0.4 is 5.32 Å². The molecule has 0 aliphatic carbocycles. The van der Waals surface area contributed by atoms with Crippen LogP contribution in [0.3, 0.4) is 0 Å². The number of nitrogens with zero attached hydrogens (tertiary/aromatic N) is 1. The van der Waals surface area contributed by atoms with Crippen LogP contribution >= 0.6 is 34.5 Å². The summed E-state index contributed by atoms with van der Waals surface area (Å²) < 4.78 is 13.1. The Kier molecular flexibility index (Phi) is 5.14. The van der Waals surface area contributed by atoms with Crippen LogP contribution in [0, 0.1) is 5.82 Å². The fraction of sp³-hybridized carbons (Fsp3) is 0.0588. The predicted molar refractivity (Wildman–Crippen MR) is 96.3 cm³/mol. The Morgan fingerprint density at radius 1 is 1.21 bits per heavy atom. The van der Waals surface area contributed by atoms with Gasteiger partial charge in [-0.1, -0.05) is 35.3 Å². The zero-order valence-electron chi connectivity index (χ0n) is 12.2. The van der Waals surface area contributed by atoms with Crippen molar-refractivity contribution in [2.24, 2.45) is 0 Å². The van der Waals surface area contributed by atoms with Crippen molar-refractivity contribution in [2.45, 2.75) is 6.42 Å². The number of carbonyl (C=O) groups excluding carboxylic acids is 1. The minimum Gasteiger partial charge on any atom is -0.302 e. The average molecular weight is 381 g/mol.